The molecule has 1 atom stereocenters. The van der Waals surface area contributed by atoms with E-state index >= 15 is 0 Å². The molecule has 0 saturated carbocycles. The zero-order chi connectivity index (χ0) is 29.8. The van der Waals surface area contributed by atoms with Crippen molar-refractivity contribution in [2.45, 2.75) is 30.8 Å². The van der Waals surface area contributed by atoms with Crippen molar-refractivity contribution in [3.63, 3.8) is 0 Å². The Balaban J connectivity index is 1.29. The molecule has 43 heavy (non-hydrogen) atoms. The number of methoxy groups -OCH3 is 1. The highest BCUT2D eigenvalue weighted by Gasteiger charge is 2.52. The van der Waals surface area contributed by atoms with Gasteiger partial charge in [0.1, 0.15) is 17.8 Å². The van der Waals surface area contributed by atoms with Crippen LogP contribution in [0.1, 0.15) is 34.7 Å². The molecule has 8 heteroatoms. The predicted molar refractivity (Wildman–Crippen MR) is 163 cm³/mol. The number of hydrazone groups is 1. The second-order valence-corrected chi connectivity index (χ2v) is 10.9. The number of carbonyl (C=O) groups excluding carboxylic acids is 3. The number of nitrogens with zero attached hydrogens (tertiary/aromatic N) is 3. The Hall–Kier alpha value is -5.24. The Labute approximate surface area is 250 Å². The summed E-state index contributed by atoms with van der Waals surface area (Å²) in [7, 11) is 1.60. The third-order valence-electron chi connectivity index (χ3n) is 8.01. The predicted octanol–water partition coefficient (Wildman–Crippen LogP) is 5.15. The summed E-state index contributed by atoms with van der Waals surface area (Å²) in [6.07, 6.45) is 1.09. The topological polar surface area (TPSA) is 91.3 Å². The molecule has 4 amide bonds. The van der Waals surface area contributed by atoms with E-state index in [4.69, 9.17) is 9.84 Å². The monoisotopic (exact) mass is 572 g/mol. The van der Waals surface area contributed by atoms with Crippen LogP contribution in [0.3, 0.4) is 0 Å². The number of amides is 4. The van der Waals surface area contributed by atoms with Crippen LogP contribution in [-0.4, -0.2) is 52.7 Å². The number of hydrogen-bond donors (Lipinski definition) is 1. The third-order valence-corrected chi connectivity index (χ3v) is 8.01. The Morgan fingerprint density at radius 1 is 0.837 bits per heavy atom. The standard InChI is InChI=1S/C35H32N4O4/c1-43-29-19-17-28(18-20-29)31-21-30(27-15-9-4-10-16-27)37-39(31)32(40)24-38-33(41)35(36-34(38)42,22-25-11-5-2-6-12-25)23-26-13-7-3-8-14-26/h2-20,31H,21-24H2,1H3,(H,36,42)/t31-/m1/s1. The highest BCUT2D eigenvalue weighted by molar-refractivity contribution is 6.10. The second-order valence-electron chi connectivity index (χ2n) is 10.9. The highest BCUT2D eigenvalue weighted by Crippen LogP contribution is 2.34. The Morgan fingerprint density at radius 2 is 1.40 bits per heavy atom. The number of imide groups is 1. The summed E-state index contributed by atoms with van der Waals surface area (Å²) in [5, 5.41) is 9.11. The summed E-state index contributed by atoms with van der Waals surface area (Å²) in [6, 6.07) is 35.4. The van der Waals surface area contributed by atoms with E-state index in [-0.39, 0.29) is 0 Å². The fourth-order valence-electron chi connectivity index (χ4n) is 5.85. The molecule has 1 saturated heterocycles. The minimum absolute atomic E-state index is 0.298. The normalized spacial score (nSPS) is 17.5. The Morgan fingerprint density at radius 3 is 1.95 bits per heavy atom. The summed E-state index contributed by atoms with van der Waals surface area (Å²) >= 11 is 0. The molecule has 0 bridgehead atoms. The van der Waals surface area contributed by atoms with E-state index in [1.165, 1.54) is 5.01 Å². The molecule has 2 aliphatic rings. The molecule has 0 unspecified atom stereocenters. The van der Waals surface area contributed by atoms with Crippen molar-refractivity contribution in [1.29, 1.82) is 0 Å². The average Bonchev–Trinajstić information content (AvgIpc) is 3.58. The largest absolute Gasteiger partial charge is 0.497 e. The van der Waals surface area contributed by atoms with E-state index < -0.39 is 36.0 Å². The summed E-state index contributed by atoms with van der Waals surface area (Å²) in [4.78, 5) is 42.5. The lowest BCUT2D eigenvalue weighted by molar-refractivity contribution is -0.140. The zero-order valence-corrected chi connectivity index (χ0v) is 23.9. The van der Waals surface area contributed by atoms with Gasteiger partial charge in [0.2, 0.25) is 0 Å². The van der Waals surface area contributed by atoms with Crippen LogP contribution >= 0.6 is 0 Å². The lowest BCUT2D eigenvalue weighted by atomic mass is 9.84. The Bertz CT molecular complexity index is 1600. The molecule has 216 valence electrons. The smallest absolute Gasteiger partial charge is 0.325 e. The van der Waals surface area contributed by atoms with Gasteiger partial charge < -0.3 is 10.1 Å². The quantitative estimate of drug-likeness (QED) is 0.281. The van der Waals surface area contributed by atoms with Crippen LogP contribution in [0.5, 0.6) is 5.75 Å². The van der Waals surface area contributed by atoms with E-state index in [1.807, 2.05) is 115 Å². The Kier molecular flexibility index (Phi) is 7.75. The lowest BCUT2D eigenvalue weighted by Gasteiger charge is -2.28. The van der Waals surface area contributed by atoms with Crippen molar-refractivity contribution < 1.29 is 19.1 Å². The van der Waals surface area contributed by atoms with Crippen molar-refractivity contribution in [2.75, 3.05) is 13.7 Å². The number of benzene rings is 4. The highest BCUT2D eigenvalue weighted by atomic mass is 16.5. The van der Waals surface area contributed by atoms with Crippen molar-refractivity contribution in [3.8, 4) is 5.75 Å². The number of carbonyl (C=O) groups is 3. The first kappa shape index (κ1) is 27.9. The minimum Gasteiger partial charge on any atom is -0.497 e. The van der Waals surface area contributed by atoms with Crippen LogP contribution in [0.2, 0.25) is 0 Å². The lowest BCUT2D eigenvalue weighted by Crippen LogP contribution is -2.51. The first-order chi connectivity index (χ1) is 21.0. The van der Waals surface area contributed by atoms with Gasteiger partial charge in [0, 0.05) is 19.3 Å². The molecular formula is C35H32N4O4. The maximum atomic E-state index is 14.1. The van der Waals surface area contributed by atoms with Gasteiger partial charge in [-0.3, -0.25) is 14.5 Å². The van der Waals surface area contributed by atoms with Gasteiger partial charge in [0.15, 0.2) is 0 Å². The average molecular weight is 573 g/mol. The summed E-state index contributed by atoms with van der Waals surface area (Å²) in [5.74, 6) is -0.159. The van der Waals surface area contributed by atoms with Crippen molar-refractivity contribution >= 4 is 23.6 Å². The van der Waals surface area contributed by atoms with E-state index in [0.717, 1.165) is 32.9 Å². The molecule has 6 rings (SSSR count). The van der Waals surface area contributed by atoms with Crippen LogP contribution in [0.15, 0.2) is 120 Å². The van der Waals surface area contributed by atoms with Gasteiger partial charge in [-0.25, -0.2) is 9.80 Å². The first-order valence-corrected chi connectivity index (χ1v) is 14.3. The van der Waals surface area contributed by atoms with Crippen molar-refractivity contribution in [3.05, 3.63) is 138 Å². The van der Waals surface area contributed by atoms with E-state index in [0.29, 0.717) is 25.0 Å². The molecule has 0 spiro atoms. The van der Waals surface area contributed by atoms with Crippen LogP contribution in [0.4, 0.5) is 4.79 Å². The van der Waals surface area contributed by atoms with Crippen LogP contribution in [0.25, 0.3) is 0 Å². The summed E-state index contributed by atoms with van der Waals surface area (Å²) in [5.41, 5.74) is 3.15. The first-order valence-electron chi connectivity index (χ1n) is 14.3. The van der Waals surface area contributed by atoms with Gasteiger partial charge in [-0.15, -0.1) is 0 Å². The molecule has 4 aromatic rings. The molecule has 1 fully saturated rings. The number of rotatable bonds is 9. The molecule has 0 aliphatic carbocycles. The molecule has 8 nitrogen and oxygen atoms in total. The molecule has 1 N–H and O–H groups in total. The molecule has 4 aromatic carbocycles. The fraction of sp³-hybridized carbons (Fsp3) is 0.200. The van der Waals surface area contributed by atoms with Gasteiger partial charge in [0.05, 0.1) is 18.9 Å². The van der Waals surface area contributed by atoms with E-state index in [1.54, 1.807) is 7.11 Å². The van der Waals surface area contributed by atoms with Crippen LogP contribution in [-0.2, 0) is 22.4 Å². The minimum atomic E-state index is -1.22. The van der Waals surface area contributed by atoms with Crippen LogP contribution < -0.4 is 10.1 Å². The molecular weight excluding hydrogens is 540 g/mol. The van der Waals surface area contributed by atoms with E-state index in [9.17, 15) is 14.4 Å². The van der Waals surface area contributed by atoms with Gasteiger partial charge >= 0.3 is 6.03 Å². The SMILES string of the molecule is COc1ccc([C@H]2CC(c3ccccc3)=NN2C(=O)CN2C(=O)NC(Cc3ccccc3)(Cc3ccccc3)C2=O)cc1. The van der Waals surface area contributed by atoms with Gasteiger partial charge in [-0.2, -0.15) is 5.10 Å². The van der Waals surface area contributed by atoms with Gasteiger partial charge in [-0.1, -0.05) is 103 Å². The number of ether oxygens (including phenoxy) is 1. The number of urea groups is 1. The molecule has 0 aromatic heterocycles. The summed E-state index contributed by atoms with van der Waals surface area (Å²) < 4.78 is 5.32. The molecule has 0 radical (unpaired) electrons. The number of hydrogen-bond acceptors (Lipinski definition) is 5. The third kappa shape index (κ3) is 5.77. The van der Waals surface area contributed by atoms with Crippen LogP contribution in [0, 0.1) is 0 Å². The zero-order valence-electron chi connectivity index (χ0n) is 23.9. The molecule has 2 heterocycles. The summed E-state index contributed by atoms with van der Waals surface area (Å²) in [6.45, 7) is -0.422. The van der Waals surface area contributed by atoms with E-state index in [2.05, 4.69) is 5.32 Å². The van der Waals surface area contributed by atoms with Gasteiger partial charge in [-0.05, 0) is 34.4 Å². The fourth-order valence-corrected chi connectivity index (χ4v) is 5.85. The maximum absolute atomic E-state index is 14.1. The molecule has 2 aliphatic heterocycles. The maximum Gasteiger partial charge on any atom is 0.325 e. The number of nitrogens with one attached hydrogen (secondary N) is 1. The van der Waals surface area contributed by atoms with Gasteiger partial charge in [0.25, 0.3) is 11.8 Å². The van der Waals surface area contributed by atoms with Crippen molar-refractivity contribution in [1.82, 2.24) is 15.2 Å². The van der Waals surface area contributed by atoms with Crippen molar-refractivity contribution in [2.24, 2.45) is 5.10 Å². The second kappa shape index (κ2) is 11.9.